The number of nitrogens with zero attached hydrogens (tertiary/aromatic N) is 3. The molecule has 3 rings (SSSR count). The molecule has 0 unspecified atom stereocenters. The van der Waals surface area contributed by atoms with E-state index in [9.17, 15) is 9.59 Å². The molecule has 22 heavy (non-hydrogen) atoms. The zero-order valence-corrected chi connectivity index (χ0v) is 12.2. The molecular formula is C15H12ClN3O3. The summed E-state index contributed by atoms with van der Waals surface area (Å²) in [5, 5.41) is 13.7. The van der Waals surface area contributed by atoms with Gasteiger partial charge in [0.25, 0.3) is 5.56 Å². The van der Waals surface area contributed by atoms with Gasteiger partial charge in [-0.1, -0.05) is 23.7 Å². The number of aryl methyl sites for hydroxylation is 1. The fraction of sp³-hybridized carbons (Fsp3) is 0.133. The molecule has 0 saturated heterocycles. The van der Waals surface area contributed by atoms with Crippen LogP contribution in [0.5, 0.6) is 0 Å². The highest BCUT2D eigenvalue weighted by atomic mass is 35.5. The monoisotopic (exact) mass is 317 g/mol. The Hall–Kier alpha value is -2.60. The smallest absolute Gasteiger partial charge is 0.305 e. The van der Waals surface area contributed by atoms with Crippen molar-refractivity contribution in [3.05, 3.63) is 58.1 Å². The average Bonchev–Trinajstić information content (AvgIpc) is 2.91. The van der Waals surface area contributed by atoms with Crippen molar-refractivity contribution < 1.29 is 9.90 Å². The number of carbonyl (C=O) groups is 1. The lowest BCUT2D eigenvalue weighted by Crippen LogP contribution is -2.22. The van der Waals surface area contributed by atoms with Gasteiger partial charge in [-0.3, -0.25) is 9.59 Å². The maximum atomic E-state index is 12.3. The molecule has 0 aliphatic heterocycles. The molecule has 1 N–H and O–H groups in total. The lowest BCUT2D eigenvalue weighted by atomic mass is 10.1. The Balaban J connectivity index is 2.05. The molecule has 3 aromatic rings. The van der Waals surface area contributed by atoms with Crippen molar-refractivity contribution in [1.29, 1.82) is 0 Å². The van der Waals surface area contributed by atoms with Crippen LogP contribution in [-0.2, 0) is 11.3 Å². The molecule has 7 heteroatoms. The van der Waals surface area contributed by atoms with E-state index in [4.69, 9.17) is 16.7 Å². The first-order chi connectivity index (χ1) is 10.5. The first kappa shape index (κ1) is 14.3. The molecule has 1 aromatic carbocycles. The van der Waals surface area contributed by atoms with Gasteiger partial charge in [-0.25, -0.2) is 4.52 Å². The van der Waals surface area contributed by atoms with E-state index in [1.165, 1.54) is 15.3 Å². The van der Waals surface area contributed by atoms with Crippen molar-refractivity contribution in [2.45, 2.75) is 13.0 Å². The van der Waals surface area contributed by atoms with E-state index in [2.05, 4.69) is 5.10 Å². The van der Waals surface area contributed by atoms with E-state index in [1.807, 2.05) is 12.1 Å². The predicted molar refractivity (Wildman–Crippen MR) is 82.2 cm³/mol. The van der Waals surface area contributed by atoms with Crippen LogP contribution in [0.15, 0.2) is 47.5 Å². The fourth-order valence-corrected chi connectivity index (χ4v) is 2.40. The number of fused-ring (bicyclic) bond motifs is 1. The zero-order valence-electron chi connectivity index (χ0n) is 11.4. The van der Waals surface area contributed by atoms with Gasteiger partial charge in [0.2, 0.25) is 0 Å². The molecule has 0 amide bonds. The van der Waals surface area contributed by atoms with E-state index in [-0.39, 0.29) is 18.5 Å². The van der Waals surface area contributed by atoms with Crippen LogP contribution < -0.4 is 5.56 Å². The number of hydrogen-bond donors (Lipinski definition) is 1. The Morgan fingerprint density at radius 2 is 2.09 bits per heavy atom. The first-order valence-electron chi connectivity index (χ1n) is 6.61. The summed E-state index contributed by atoms with van der Waals surface area (Å²) in [4.78, 5) is 23.0. The molecule has 0 saturated carbocycles. The van der Waals surface area contributed by atoms with Gasteiger partial charge in [0.15, 0.2) is 0 Å². The largest absolute Gasteiger partial charge is 0.481 e. The topological polar surface area (TPSA) is 76.6 Å². The zero-order chi connectivity index (χ0) is 15.7. The maximum Gasteiger partial charge on any atom is 0.305 e. The summed E-state index contributed by atoms with van der Waals surface area (Å²) in [6.07, 6.45) is 3.06. The lowest BCUT2D eigenvalue weighted by Gasteiger charge is -2.03. The molecular weight excluding hydrogens is 306 g/mol. The van der Waals surface area contributed by atoms with E-state index < -0.39 is 5.97 Å². The first-order valence-corrected chi connectivity index (χ1v) is 6.99. The van der Waals surface area contributed by atoms with Crippen molar-refractivity contribution in [3.8, 4) is 11.3 Å². The van der Waals surface area contributed by atoms with Gasteiger partial charge in [-0.15, -0.1) is 0 Å². The van der Waals surface area contributed by atoms with Crippen molar-refractivity contribution in [3.63, 3.8) is 0 Å². The number of hydrogen-bond acceptors (Lipinski definition) is 3. The van der Waals surface area contributed by atoms with Crippen LogP contribution in [0.2, 0.25) is 5.02 Å². The number of aromatic nitrogens is 3. The lowest BCUT2D eigenvalue weighted by molar-refractivity contribution is -0.137. The SMILES string of the molecule is O=C(O)CCn1ccn2nc(-c3cccc(Cl)c3)cc2c1=O. The van der Waals surface area contributed by atoms with Gasteiger partial charge in [0, 0.05) is 29.5 Å². The second-order valence-electron chi connectivity index (χ2n) is 4.81. The average molecular weight is 318 g/mol. The maximum absolute atomic E-state index is 12.3. The molecule has 0 radical (unpaired) electrons. The minimum absolute atomic E-state index is 0.106. The van der Waals surface area contributed by atoms with Crippen LogP contribution in [0, 0.1) is 0 Å². The van der Waals surface area contributed by atoms with Gasteiger partial charge in [-0.2, -0.15) is 5.10 Å². The van der Waals surface area contributed by atoms with Gasteiger partial charge in [0.05, 0.1) is 12.1 Å². The Morgan fingerprint density at radius 3 is 2.82 bits per heavy atom. The molecule has 112 valence electrons. The van der Waals surface area contributed by atoms with Gasteiger partial charge in [0.1, 0.15) is 5.52 Å². The number of carboxylic acids is 1. The van der Waals surface area contributed by atoms with E-state index in [0.717, 1.165) is 5.56 Å². The Morgan fingerprint density at radius 1 is 1.27 bits per heavy atom. The molecule has 0 aliphatic rings. The van der Waals surface area contributed by atoms with E-state index in [1.54, 1.807) is 24.4 Å². The molecule has 0 spiro atoms. The standard InChI is InChI=1S/C15H12ClN3O3/c16-11-3-1-2-10(8-11)12-9-13-15(22)18(5-4-14(20)21)6-7-19(13)17-12/h1-3,6-9H,4-5H2,(H,20,21). The van der Waals surface area contributed by atoms with Crippen molar-refractivity contribution >= 4 is 23.1 Å². The van der Waals surface area contributed by atoms with Crippen LogP contribution >= 0.6 is 11.6 Å². The normalized spacial score (nSPS) is 11.0. The number of benzene rings is 1. The van der Waals surface area contributed by atoms with E-state index in [0.29, 0.717) is 16.2 Å². The molecule has 0 aliphatic carbocycles. The Kier molecular flexibility index (Phi) is 3.68. The quantitative estimate of drug-likeness (QED) is 0.801. The molecule has 2 heterocycles. The Bertz CT molecular complexity index is 914. The summed E-state index contributed by atoms with van der Waals surface area (Å²) in [7, 11) is 0. The van der Waals surface area contributed by atoms with Crippen LogP contribution in [0.3, 0.4) is 0 Å². The molecule has 6 nitrogen and oxygen atoms in total. The number of rotatable bonds is 4. The summed E-state index contributed by atoms with van der Waals surface area (Å²) >= 11 is 5.96. The van der Waals surface area contributed by atoms with Crippen molar-refractivity contribution in [2.75, 3.05) is 0 Å². The number of halogens is 1. The second kappa shape index (κ2) is 5.65. The third kappa shape index (κ3) is 2.73. The van der Waals surface area contributed by atoms with Crippen LogP contribution in [-0.4, -0.2) is 25.3 Å². The van der Waals surface area contributed by atoms with Crippen LogP contribution in [0.4, 0.5) is 0 Å². The predicted octanol–water partition coefficient (Wildman–Crippen LogP) is 2.29. The third-order valence-electron chi connectivity index (χ3n) is 3.29. The fourth-order valence-electron chi connectivity index (χ4n) is 2.21. The highest BCUT2D eigenvalue weighted by molar-refractivity contribution is 6.30. The van der Waals surface area contributed by atoms with E-state index >= 15 is 0 Å². The summed E-state index contributed by atoms with van der Waals surface area (Å²) in [5.74, 6) is -0.945. The highest BCUT2D eigenvalue weighted by Crippen LogP contribution is 2.21. The molecule has 0 bridgehead atoms. The van der Waals surface area contributed by atoms with Gasteiger partial charge >= 0.3 is 5.97 Å². The second-order valence-corrected chi connectivity index (χ2v) is 5.25. The van der Waals surface area contributed by atoms with Crippen molar-refractivity contribution in [1.82, 2.24) is 14.2 Å². The molecule has 0 fully saturated rings. The third-order valence-corrected chi connectivity index (χ3v) is 3.53. The van der Waals surface area contributed by atoms with Crippen molar-refractivity contribution in [2.24, 2.45) is 0 Å². The highest BCUT2D eigenvalue weighted by Gasteiger charge is 2.10. The number of carboxylic acid groups (broad SMARTS) is 1. The molecule has 2 aromatic heterocycles. The van der Waals surface area contributed by atoms with Crippen LogP contribution in [0.1, 0.15) is 6.42 Å². The van der Waals surface area contributed by atoms with Gasteiger partial charge < -0.3 is 9.67 Å². The minimum atomic E-state index is -0.945. The summed E-state index contributed by atoms with van der Waals surface area (Å²) in [6.45, 7) is 0.127. The minimum Gasteiger partial charge on any atom is -0.481 e. The summed E-state index contributed by atoms with van der Waals surface area (Å²) < 4.78 is 2.85. The molecule has 0 atom stereocenters. The summed E-state index contributed by atoms with van der Waals surface area (Å²) in [6, 6.07) is 8.88. The number of aliphatic carboxylic acids is 1. The van der Waals surface area contributed by atoms with Crippen LogP contribution in [0.25, 0.3) is 16.8 Å². The van der Waals surface area contributed by atoms with Gasteiger partial charge in [-0.05, 0) is 18.2 Å². The summed E-state index contributed by atoms with van der Waals surface area (Å²) in [5.41, 5.74) is 1.57. The Labute approximate surface area is 130 Å².